The number of benzene rings is 1. The molecule has 0 amide bonds. The highest BCUT2D eigenvalue weighted by Crippen LogP contribution is 2.28. The number of anilines is 1. The molecule has 0 aliphatic heterocycles. The number of hydrogen-bond acceptors (Lipinski definition) is 1. The van der Waals surface area contributed by atoms with Crippen molar-refractivity contribution in [2.75, 3.05) is 11.4 Å². The second kappa shape index (κ2) is 6.47. The van der Waals surface area contributed by atoms with Gasteiger partial charge in [-0.25, -0.2) is 0 Å². The van der Waals surface area contributed by atoms with Crippen molar-refractivity contribution in [1.82, 2.24) is 0 Å². The van der Waals surface area contributed by atoms with Crippen molar-refractivity contribution in [3.8, 4) is 0 Å². The molecule has 0 unspecified atom stereocenters. The van der Waals surface area contributed by atoms with E-state index >= 15 is 0 Å². The van der Waals surface area contributed by atoms with Crippen molar-refractivity contribution in [1.29, 1.82) is 0 Å². The Morgan fingerprint density at radius 2 is 1.94 bits per heavy atom. The molecule has 1 saturated carbocycles. The lowest BCUT2D eigenvalue weighted by atomic mass is 9.93. The fourth-order valence-electron chi connectivity index (χ4n) is 3.05. The zero-order chi connectivity index (χ0) is 13.0. The first-order chi connectivity index (χ1) is 8.76. The van der Waals surface area contributed by atoms with Crippen LogP contribution in [0.5, 0.6) is 0 Å². The molecule has 2 heteroatoms. The van der Waals surface area contributed by atoms with E-state index in [1.165, 1.54) is 48.9 Å². The van der Waals surface area contributed by atoms with Crippen LogP contribution in [0.3, 0.4) is 0 Å². The monoisotopic (exact) mass is 265 g/mol. The molecule has 1 aliphatic carbocycles. The molecule has 0 aromatic heterocycles. The van der Waals surface area contributed by atoms with Crippen LogP contribution in [-0.2, 0) is 5.88 Å². The summed E-state index contributed by atoms with van der Waals surface area (Å²) in [7, 11) is 0. The summed E-state index contributed by atoms with van der Waals surface area (Å²) in [5, 5.41) is 0. The highest BCUT2D eigenvalue weighted by Gasteiger charge is 2.20. The van der Waals surface area contributed by atoms with Gasteiger partial charge >= 0.3 is 0 Å². The van der Waals surface area contributed by atoms with E-state index in [0.29, 0.717) is 5.88 Å². The van der Waals surface area contributed by atoms with Gasteiger partial charge in [0.1, 0.15) is 0 Å². The minimum Gasteiger partial charge on any atom is -0.369 e. The molecule has 2 rings (SSSR count). The van der Waals surface area contributed by atoms with Crippen LogP contribution in [0.2, 0.25) is 0 Å². The Morgan fingerprint density at radius 3 is 2.50 bits per heavy atom. The maximum absolute atomic E-state index is 5.93. The minimum absolute atomic E-state index is 0.613. The average Bonchev–Trinajstić information content (AvgIpc) is 2.41. The topological polar surface area (TPSA) is 3.24 Å². The summed E-state index contributed by atoms with van der Waals surface area (Å²) in [5.41, 5.74) is 3.94. The van der Waals surface area contributed by atoms with Crippen LogP contribution in [0.1, 0.15) is 50.2 Å². The number of alkyl halides is 1. The van der Waals surface area contributed by atoms with Crippen LogP contribution in [0, 0.1) is 6.92 Å². The van der Waals surface area contributed by atoms with Crippen LogP contribution in [0.25, 0.3) is 0 Å². The fourth-order valence-corrected chi connectivity index (χ4v) is 3.35. The van der Waals surface area contributed by atoms with E-state index in [2.05, 4.69) is 36.9 Å². The Morgan fingerprint density at radius 1 is 1.22 bits per heavy atom. The zero-order valence-corrected chi connectivity index (χ0v) is 12.3. The van der Waals surface area contributed by atoms with E-state index in [0.717, 1.165) is 12.6 Å². The van der Waals surface area contributed by atoms with Gasteiger partial charge in [-0.05, 0) is 49.9 Å². The van der Waals surface area contributed by atoms with Gasteiger partial charge in [-0.3, -0.25) is 0 Å². The molecule has 100 valence electrons. The van der Waals surface area contributed by atoms with Crippen LogP contribution < -0.4 is 4.90 Å². The molecule has 18 heavy (non-hydrogen) atoms. The van der Waals surface area contributed by atoms with Gasteiger partial charge in [-0.1, -0.05) is 25.3 Å². The van der Waals surface area contributed by atoms with Crippen LogP contribution in [0.4, 0.5) is 5.69 Å². The molecular weight excluding hydrogens is 242 g/mol. The van der Waals surface area contributed by atoms with Gasteiger partial charge in [0, 0.05) is 24.2 Å². The summed E-state index contributed by atoms with van der Waals surface area (Å²) in [4.78, 5) is 2.57. The second-order valence-electron chi connectivity index (χ2n) is 5.32. The van der Waals surface area contributed by atoms with Gasteiger partial charge in [-0.2, -0.15) is 0 Å². The first-order valence-corrected chi connectivity index (χ1v) is 7.72. The standard InChI is InChI=1S/C16H24ClN/c1-3-18(15-7-5-4-6-8-15)16-10-9-14(12-17)13(2)11-16/h9-11,15H,3-8,12H2,1-2H3. The first kappa shape index (κ1) is 13.7. The van der Waals surface area contributed by atoms with Crippen LogP contribution in [-0.4, -0.2) is 12.6 Å². The number of rotatable bonds is 4. The van der Waals surface area contributed by atoms with E-state index in [1.807, 2.05) is 0 Å². The SMILES string of the molecule is CCN(c1ccc(CCl)c(C)c1)C1CCCCC1. The number of nitrogens with zero attached hydrogens (tertiary/aromatic N) is 1. The molecule has 1 fully saturated rings. The first-order valence-electron chi connectivity index (χ1n) is 7.18. The Hall–Kier alpha value is -0.690. The normalized spacial score (nSPS) is 16.8. The molecule has 1 aromatic rings. The van der Waals surface area contributed by atoms with E-state index in [4.69, 9.17) is 11.6 Å². The molecule has 1 aliphatic rings. The number of aryl methyl sites for hydroxylation is 1. The molecule has 1 aromatic carbocycles. The van der Waals surface area contributed by atoms with Crippen molar-refractivity contribution < 1.29 is 0 Å². The maximum Gasteiger partial charge on any atom is 0.0476 e. The maximum atomic E-state index is 5.93. The van der Waals surface area contributed by atoms with Crippen molar-refractivity contribution in [3.63, 3.8) is 0 Å². The van der Waals surface area contributed by atoms with Gasteiger partial charge < -0.3 is 4.90 Å². The van der Waals surface area contributed by atoms with Gasteiger partial charge in [-0.15, -0.1) is 11.6 Å². The minimum atomic E-state index is 0.613. The number of hydrogen-bond donors (Lipinski definition) is 0. The average molecular weight is 266 g/mol. The molecular formula is C16H24ClN. The fraction of sp³-hybridized carbons (Fsp3) is 0.625. The van der Waals surface area contributed by atoms with Gasteiger partial charge in [0.25, 0.3) is 0 Å². The molecule has 0 atom stereocenters. The lowest BCUT2D eigenvalue weighted by Crippen LogP contribution is -2.36. The van der Waals surface area contributed by atoms with Crippen molar-refractivity contribution in [2.45, 2.75) is 57.9 Å². The summed E-state index contributed by atoms with van der Waals surface area (Å²) < 4.78 is 0. The van der Waals surface area contributed by atoms with Gasteiger partial charge in [0.05, 0.1) is 0 Å². The lowest BCUT2D eigenvalue weighted by molar-refractivity contribution is 0.418. The van der Waals surface area contributed by atoms with Crippen LogP contribution in [0.15, 0.2) is 18.2 Å². The zero-order valence-electron chi connectivity index (χ0n) is 11.6. The van der Waals surface area contributed by atoms with Crippen LogP contribution >= 0.6 is 11.6 Å². The predicted molar refractivity (Wildman–Crippen MR) is 80.6 cm³/mol. The molecule has 0 spiro atoms. The third-order valence-corrected chi connectivity index (χ3v) is 4.45. The molecule has 0 N–H and O–H groups in total. The number of halogens is 1. The van der Waals surface area contributed by atoms with Crippen molar-refractivity contribution in [3.05, 3.63) is 29.3 Å². The van der Waals surface area contributed by atoms with Crippen molar-refractivity contribution >= 4 is 17.3 Å². The molecule has 1 nitrogen and oxygen atoms in total. The Bertz CT molecular complexity index is 383. The van der Waals surface area contributed by atoms with E-state index in [-0.39, 0.29) is 0 Å². The summed E-state index contributed by atoms with van der Waals surface area (Å²) in [5.74, 6) is 0.613. The summed E-state index contributed by atoms with van der Waals surface area (Å²) in [6, 6.07) is 7.46. The molecule has 0 saturated heterocycles. The Labute approximate surface area is 116 Å². The lowest BCUT2D eigenvalue weighted by Gasteiger charge is -2.35. The predicted octanol–water partition coefficient (Wildman–Crippen LogP) is 4.89. The van der Waals surface area contributed by atoms with Gasteiger partial charge in [0.15, 0.2) is 0 Å². The molecule has 0 radical (unpaired) electrons. The third kappa shape index (κ3) is 3.00. The third-order valence-electron chi connectivity index (χ3n) is 4.16. The highest BCUT2D eigenvalue weighted by molar-refractivity contribution is 6.17. The molecule has 0 bridgehead atoms. The van der Waals surface area contributed by atoms with Gasteiger partial charge in [0.2, 0.25) is 0 Å². The Balaban J connectivity index is 2.18. The smallest absolute Gasteiger partial charge is 0.0476 e. The summed E-state index contributed by atoms with van der Waals surface area (Å²) in [6.45, 7) is 5.53. The highest BCUT2D eigenvalue weighted by atomic mass is 35.5. The quantitative estimate of drug-likeness (QED) is 0.701. The Kier molecular flexibility index (Phi) is 4.94. The van der Waals surface area contributed by atoms with E-state index < -0.39 is 0 Å². The summed E-state index contributed by atoms with van der Waals surface area (Å²) >= 11 is 5.93. The van der Waals surface area contributed by atoms with E-state index in [1.54, 1.807) is 0 Å². The van der Waals surface area contributed by atoms with Crippen molar-refractivity contribution in [2.24, 2.45) is 0 Å². The summed E-state index contributed by atoms with van der Waals surface area (Å²) in [6.07, 6.45) is 6.90. The molecule has 0 heterocycles. The van der Waals surface area contributed by atoms with E-state index in [9.17, 15) is 0 Å². The largest absolute Gasteiger partial charge is 0.369 e. The second-order valence-corrected chi connectivity index (χ2v) is 5.59.